The van der Waals surface area contributed by atoms with Crippen molar-refractivity contribution in [1.29, 1.82) is 0 Å². The van der Waals surface area contributed by atoms with Crippen molar-refractivity contribution in [2.24, 2.45) is 0 Å². The zero-order valence-electron chi connectivity index (χ0n) is 21.0. The minimum atomic E-state index is -0.257. The lowest BCUT2D eigenvalue weighted by molar-refractivity contribution is 0.0786. The van der Waals surface area contributed by atoms with Crippen LogP contribution in [-0.2, 0) is 6.54 Å². The molecule has 1 unspecified atom stereocenters. The molecule has 36 heavy (non-hydrogen) atoms. The Morgan fingerprint density at radius 2 is 1.75 bits per heavy atom. The summed E-state index contributed by atoms with van der Waals surface area (Å²) in [4.78, 5) is 22.3. The molecule has 2 aliphatic rings. The summed E-state index contributed by atoms with van der Waals surface area (Å²) in [5.74, 6) is -0.311. The Kier molecular flexibility index (Phi) is 7.30. The van der Waals surface area contributed by atoms with Crippen LogP contribution in [0.3, 0.4) is 0 Å². The highest BCUT2D eigenvalue weighted by molar-refractivity contribution is 5.99. The van der Waals surface area contributed by atoms with E-state index in [4.69, 9.17) is 0 Å². The Morgan fingerprint density at radius 1 is 1.03 bits per heavy atom. The summed E-state index contributed by atoms with van der Waals surface area (Å²) >= 11 is 0. The van der Waals surface area contributed by atoms with E-state index in [0.717, 1.165) is 42.9 Å². The summed E-state index contributed by atoms with van der Waals surface area (Å²) in [5, 5.41) is 6.99. The summed E-state index contributed by atoms with van der Waals surface area (Å²) in [7, 11) is 0. The molecule has 1 aromatic heterocycles. The molecule has 2 aromatic carbocycles. The molecule has 0 aliphatic carbocycles. The number of nitrogens with zero attached hydrogens (tertiary/aromatic N) is 3. The first-order valence-electron chi connectivity index (χ1n) is 12.8. The number of carbonyl (C=O) groups is 1. The standard InChI is InChI=1S/C29H34FN5O/c1-20-16-34(17-21(2)32-20)18-22-5-7-23(8-6-22)27-4-3-14-31-28(27)29(36)35-15-13-26(19-35)33-25-11-9-24(30)10-12-25/h3-12,14,20-21,26,32-33H,13,15-19H2,1-2H3/t20-,21+,26?. The third-order valence-corrected chi connectivity index (χ3v) is 7.01. The number of pyridine rings is 1. The molecule has 1 amide bonds. The van der Waals surface area contributed by atoms with Gasteiger partial charge in [0.1, 0.15) is 11.5 Å². The first-order valence-corrected chi connectivity index (χ1v) is 12.8. The van der Waals surface area contributed by atoms with Gasteiger partial charge in [0.2, 0.25) is 0 Å². The lowest BCUT2D eigenvalue weighted by Gasteiger charge is -2.36. The topological polar surface area (TPSA) is 60.5 Å². The molecule has 2 fully saturated rings. The van der Waals surface area contributed by atoms with Gasteiger partial charge >= 0.3 is 0 Å². The third kappa shape index (κ3) is 5.74. The van der Waals surface area contributed by atoms with Crippen LogP contribution in [0.2, 0.25) is 0 Å². The predicted octanol–water partition coefficient (Wildman–Crippen LogP) is 4.40. The maximum absolute atomic E-state index is 13.4. The number of aromatic nitrogens is 1. The molecule has 188 valence electrons. The zero-order valence-corrected chi connectivity index (χ0v) is 21.0. The van der Waals surface area contributed by atoms with Gasteiger partial charge in [-0.25, -0.2) is 4.39 Å². The average Bonchev–Trinajstić information content (AvgIpc) is 3.33. The van der Waals surface area contributed by atoms with Crippen LogP contribution >= 0.6 is 0 Å². The van der Waals surface area contributed by atoms with Crippen molar-refractivity contribution in [3.63, 3.8) is 0 Å². The molecular weight excluding hydrogens is 453 g/mol. The molecule has 2 N–H and O–H groups in total. The summed E-state index contributed by atoms with van der Waals surface area (Å²) in [6.07, 6.45) is 2.52. The maximum Gasteiger partial charge on any atom is 0.273 e. The predicted molar refractivity (Wildman–Crippen MR) is 141 cm³/mol. The van der Waals surface area contributed by atoms with E-state index in [2.05, 4.69) is 58.6 Å². The third-order valence-electron chi connectivity index (χ3n) is 7.01. The molecule has 0 radical (unpaired) electrons. The molecular formula is C29H34FN5O. The van der Waals surface area contributed by atoms with Gasteiger partial charge in [-0.15, -0.1) is 0 Å². The fourth-order valence-electron chi connectivity index (χ4n) is 5.42. The van der Waals surface area contributed by atoms with Crippen LogP contribution in [0.15, 0.2) is 66.9 Å². The molecule has 3 heterocycles. The van der Waals surface area contributed by atoms with E-state index in [0.29, 0.717) is 30.9 Å². The largest absolute Gasteiger partial charge is 0.380 e. The second kappa shape index (κ2) is 10.8. The molecule has 2 aliphatic heterocycles. The van der Waals surface area contributed by atoms with Crippen molar-refractivity contribution in [2.45, 2.75) is 44.9 Å². The first kappa shape index (κ1) is 24.4. The molecule has 3 aromatic rings. The van der Waals surface area contributed by atoms with Crippen LogP contribution < -0.4 is 10.6 Å². The number of piperazine rings is 1. The lowest BCUT2D eigenvalue weighted by atomic mass is 10.0. The van der Waals surface area contributed by atoms with E-state index < -0.39 is 0 Å². The van der Waals surface area contributed by atoms with E-state index in [9.17, 15) is 9.18 Å². The van der Waals surface area contributed by atoms with Gasteiger partial charge in [-0.2, -0.15) is 0 Å². The molecule has 3 atom stereocenters. The molecule has 0 saturated carbocycles. The van der Waals surface area contributed by atoms with Gasteiger partial charge in [-0.05, 0) is 61.7 Å². The van der Waals surface area contributed by atoms with Gasteiger partial charge in [-0.1, -0.05) is 30.3 Å². The fraction of sp³-hybridized carbons (Fsp3) is 0.379. The number of hydrogen-bond acceptors (Lipinski definition) is 5. The summed E-state index contributed by atoms with van der Waals surface area (Å²) in [6, 6.07) is 19.8. The highest BCUT2D eigenvalue weighted by Crippen LogP contribution is 2.26. The average molecular weight is 488 g/mol. The summed E-state index contributed by atoms with van der Waals surface area (Å²) in [5.41, 5.74) is 4.47. The number of carbonyl (C=O) groups excluding carboxylic acids is 1. The Morgan fingerprint density at radius 3 is 2.47 bits per heavy atom. The number of benzene rings is 2. The second-order valence-electron chi connectivity index (χ2n) is 10.1. The Balaban J connectivity index is 1.25. The molecule has 0 bridgehead atoms. The number of likely N-dealkylation sites (tertiary alicyclic amines) is 1. The highest BCUT2D eigenvalue weighted by atomic mass is 19.1. The van der Waals surface area contributed by atoms with Crippen molar-refractivity contribution in [2.75, 3.05) is 31.5 Å². The van der Waals surface area contributed by atoms with Gasteiger partial charge in [0, 0.05) is 68.3 Å². The van der Waals surface area contributed by atoms with Gasteiger partial charge < -0.3 is 15.5 Å². The summed E-state index contributed by atoms with van der Waals surface area (Å²) < 4.78 is 13.2. The fourth-order valence-corrected chi connectivity index (χ4v) is 5.42. The van der Waals surface area contributed by atoms with Crippen LogP contribution in [0.1, 0.15) is 36.3 Å². The van der Waals surface area contributed by atoms with Crippen LogP contribution in [0, 0.1) is 5.82 Å². The number of amides is 1. The zero-order chi connectivity index (χ0) is 25.1. The monoisotopic (exact) mass is 487 g/mol. The molecule has 7 heteroatoms. The number of rotatable bonds is 6. The lowest BCUT2D eigenvalue weighted by Crippen LogP contribution is -2.53. The Labute approximate surface area is 212 Å². The number of anilines is 1. The van der Waals surface area contributed by atoms with Crippen molar-refractivity contribution in [3.05, 3.63) is 83.9 Å². The van der Waals surface area contributed by atoms with Crippen LogP contribution in [0.25, 0.3) is 11.1 Å². The van der Waals surface area contributed by atoms with E-state index >= 15 is 0 Å². The van der Waals surface area contributed by atoms with Crippen molar-refractivity contribution >= 4 is 11.6 Å². The number of nitrogens with one attached hydrogen (secondary N) is 2. The van der Waals surface area contributed by atoms with Crippen molar-refractivity contribution in [3.8, 4) is 11.1 Å². The molecule has 0 spiro atoms. The summed E-state index contributed by atoms with van der Waals surface area (Å²) in [6.45, 7) is 8.72. The van der Waals surface area contributed by atoms with E-state index in [1.165, 1.54) is 17.7 Å². The minimum Gasteiger partial charge on any atom is -0.380 e. The molecule has 2 saturated heterocycles. The van der Waals surface area contributed by atoms with Crippen LogP contribution in [0.5, 0.6) is 0 Å². The Bertz CT molecular complexity index is 1170. The smallest absolute Gasteiger partial charge is 0.273 e. The maximum atomic E-state index is 13.4. The van der Waals surface area contributed by atoms with Gasteiger partial charge in [-0.3, -0.25) is 14.7 Å². The second-order valence-corrected chi connectivity index (χ2v) is 10.1. The quantitative estimate of drug-likeness (QED) is 0.540. The van der Waals surface area contributed by atoms with Gasteiger partial charge in [0.15, 0.2) is 0 Å². The van der Waals surface area contributed by atoms with Crippen LogP contribution in [0.4, 0.5) is 10.1 Å². The molecule has 6 nitrogen and oxygen atoms in total. The van der Waals surface area contributed by atoms with E-state index in [1.54, 1.807) is 18.3 Å². The van der Waals surface area contributed by atoms with Gasteiger partial charge in [0.25, 0.3) is 5.91 Å². The van der Waals surface area contributed by atoms with Gasteiger partial charge in [0.05, 0.1) is 0 Å². The van der Waals surface area contributed by atoms with E-state index in [1.807, 2.05) is 17.0 Å². The minimum absolute atomic E-state index is 0.0538. The van der Waals surface area contributed by atoms with E-state index in [-0.39, 0.29) is 17.8 Å². The highest BCUT2D eigenvalue weighted by Gasteiger charge is 2.29. The molecule has 5 rings (SSSR count). The van der Waals surface area contributed by atoms with Crippen molar-refractivity contribution in [1.82, 2.24) is 20.1 Å². The normalized spacial score (nSPS) is 22.5. The Hall–Kier alpha value is -3.29. The van der Waals surface area contributed by atoms with Crippen molar-refractivity contribution < 1.29 is 9.18 Å². The number of halogens is 1. The first-order chi connectivity index (χ1) is 17.4. The number of hydrogen-bond donors (Lipinski definition) is 2. The van der Waals surface area contributed by atoms with Crippen LogP contribution in [-0.4, -0.2) is 65.0 Å². The SMILES string of the molecule is C[C@@H]1CN(Cc2ccc(-c3cccnc3C(=O)N3CCC(Nc4ccc(F)cc4)C3)cc2)C[C@H](C)N1.